The highest BCUT2D eigenvalue weighted by Crippen LogP contribution is 2.59. The van der Waals surface area contributed by atoms with E-state index in [4.69, 9.17) is 0 Å². The largest absolute Gasteiger partial charge is 0.395 e. The quantitative estimate of drug-likeness (QED) is 0.194. The van der Waals surface area contributed by atoms with Crippen LogP contribution in [0.25, 0.3) is 0 Å². The van der Waals surface area contributed by atoms with Crippen LogP contribution in [0.3, 0.4) is 0 Å². The first-order valence-corrected chi connectivity index (χ1v) is 20.1. The lowest BCUT2D eigenvalue weighted by atomic mass is 9.55. The van der Waals surface area contributed by atoms with E-state index >= 15 is 0 Å². The molecule has 0 aromatic heterocycles. The van der Waals surface area contributed by atoms with Crippen LogP contribution in [0.5, 0.6) is 0 Å². The molecule has 1 atom stereocenters. The van der Waals surface area contributed by atoms with Crippen LogP contribution in [0.1, 0.15) is 197 Å². The molecule has 0 aliphatic carbocycles. The molecule has 54 heavy (non-hydrogen) atoms. The van der Waals surface area contributed by atoms with E-state index in [9.17, 15) is 20.4 Å². The number of aliphatic hydroxyl groups excluding tert-OH is 3. The van der Waals surface area contributed by atoms with E-state index in [1.807, 2.05) is 20.8 Å². The maximum Gasteiger partial charge on any atom is 0.129 e. The number of aryl methyl sites for hydroxylation is 3. The van der Waals surface area contributed by atoms with Gasteiger partial charge in [-0.1, -0.05) is 161 Å². The highest BCUT2D eigenvalue weighted by Gasteiger charge is 2.61. The van der Waals surface area contributed by atoms with Crippen molar-refractivity contribution in [2.24, 2.45) is 5.41 Å². The van der Waals surface area contributed by atoms with E-state index in [2.05, 4.69) is 161 Å². The fourth-order valence-corrected chi connectivity index (χ4v) is 8.35. The van der Waals surface area contributed by atoms with Gasteiger partial charge < -0.3 is 20.4 Å². The number of benzene rings is 3. The molecular formula is C50H78O4. The highest BCUT2D eigenvalue weighted by molar-refractivity contribution is 5.59. The average Bonchev–Trinajstić information content (AvgIpc) is 2.97. The lowest BCUT2D eigenvalue weighted by molar-refractivity contribution is -0.174. The monoisotopic (exact) mass is 743 g/mol. The van der Waals surface area contributed by atoms with Crippen molar-refractivity contribution in [2.75, 3.05) is 13.2 Å². The van der Waals surface area contributed by atoms with E-state index < -0.39 is 46.6 Å². The molecule has 1 unspecified atom stereocenters. The average molecular weight is 743 g/mol. The molecule has 3 aromatic rings. The Morgan fingerprint density at radius 2 is 0.704 bits per heavy atom. The normalized spacial score (nSPS) is 14.8. The van der Waals surface area contributed by atoms with E-state index in [1.165, 1.54) is 0 Å². The van der Waals surface area contributed by atoms with Crippen molar-refractivity contribution >= 4 is 0 Å². The summed E-state index contributed by atoms with van der Waals surface area (Å²) >= 11 is 0. The Morgan fingerprint density at radius 3 is 0.963 bits per heavy atom. The van der Waals surface area contributed by atoms with Crippen LogP contribution in [0.4, 0.5) is 0 Å². The van der Waals surface area contributed by atoms with Crippen molar-refractivity contribution in [2.45, 2.75) is 190 Å². The second kappa shape index (κ2) is 14.5. The molecule has 302 valence electrons. The van der Waals surface area contributed by atoms with Gasteiger partial charge in [0.1, 0.15) is 5.60 Å². The summed E-state index contributed by atoms with van der Waals surface area (Å²) in [6.07, 6.45) is -1.47. The Morgan fingerprint density at radius 1 is 0.426 bits per heavy atom. The summed E-state index contributed by atoms with van der Waals surface area (Å²) in [4.78, 5) is 0. The Kier molecular flexibility index (Phi) is 12.3. The smallest absolute Gasteiger partial charge is 0.129 e. The van der Waals surface area contributed by atoms with Crippen molar-refractivity contribution in [3.63, 3.8) is 0 Å². The molecule has 0 amide bonds. The van der Waals surface area contributed by atoms with Gasteiger partial charge in [-0.05, 0) is 120 Å². The van der Waals surface area contributed by atoms with Crippen molar-refractivity contribution in [1.29, 1.82) is 0 Å². The maximum atomic E-state index is 14.6. The fraction of sp³-hybridized carbons (Fsp3) is 0.640. The van der Waals surface area contributed by atoms with Gasteiger partial charge in [-0.2, -0.15) is 0 Å². The molecular weight excluding hydrogens is 665 g/mol. The van der Waals surface area contributed by atoms with Gasteiger partial charge in [0.2, 0.25) is 0 Å². The molecule has 3 aromatic carbocycles. The van der Waals surface area contributed by atoms with Gasteiger partial charge in [0, 0.05) is 0 Å². The zero-order valence-corrected chi connectivity index (χ0v) is 38.2. The van der Waals surface area contributed by atoms with E-state index in [0.29, 0.717) is 16.7 Å². The molecule has 0 bridgehead atoms. The van der Waals surface area contributed by atoms with Crippen molar-refractivity contribution in [3.8, 4) is 0 Å². The van der Waals surface area contributed by atoms with Crippen molar-refractivity contribution in [3.05, 3.63) is 103 Å². The predicted octanol–water partition coefficient (Wildman–Crippen LogP) is 11.3. The predicted molar refractivity (Wildman–Crippen MR) is 230 cm³/mol. The Hall–Kier alpha value is -2.50. The van der Waals surface area contributed by atoms with Gasteiger partial charge in [-0.25, -0.2) is 0 Å². The summed E-state index contributed by atoms with van der Waals surface area (Å²) < 4.78 is 0. The first kappa shape index (κ1) is 45.9. The van der Waals surface area contributed by atoms with Crippen LogP contribution in [0, 0.1) is 26.2 Å². The summed E-state index contributed by atoms with van der Waals surface area (Å²) in [5.74, 6) is 0. The third-order valence-corrected chi connectivity index (χ3v) is 11.9. The van der Waals surface area contributed by atoms with Crippen LogP contribution in [-0.2, 0) is 38.1 Å². The molecule has 4 nitrogen and oxygen atoms in total. The minimum absolute atomic E-state index is 0.152. The van der Waals surface area contributed by atoms with Crippen LogP contribution in [0.2, 0.25) is 0 Å². The maximum absolute atomic E-state index is 14.6. The van der Waals surface area contributed by atoms with E-state index in [0.717, 1.165) is 50.1 Å². The fourth-order valence-electron chi connectivity index (χ4n) is 8.35. The van der Waals surface area contributed by atoms with Crippen LogP contribution >= 0.6 is 0 Å². The summed E-state index contributed by atoms with van der Waals surface area (Å²) in [6, 6.07) is 13.0. The van der Waals surface area contributed by atoms with E-state index in [-0.39, 0.29) is 16.2 Å². The number of hydrogen-bond acceptors (Lipinski definition) is 4. The van der Waals surface area contributed by atoms with Gasteiger partial charge in [0.25, 0.3) is 0 Å². The number of hydrogen-bond donors (Lipinski definition) is 4. The Balaban J connectivity index is 2.86. The summed E-state index contributed by atoms with van der Waals surface area (Å²) in [5, 5.41) is 52.2. The second-order valence-corrected chi connectivity index (χ2v) is 22.8. The molecule has 0 radical (unpaired) electrons. The minimum Gasteiger partial charge on any atom is -0.395 e. The zero-order chi connectivity index (χ0) is 42.2. The zero-order valence-electron chi connectivity index (χ0n) is 38.2. The molecule has 0 aliphatic heterocycles. The molecule has 0 saturated heterocycles. The number of aliphatic hydroxyl groups is 4. The highest BCUT2D eigenvalue weighted by atomic mass is 16.3. The van der Waals surface area contributed by atoms with Crippen LogP contribution in [0.15, 0.2) is 36.4 Å². The third kappa shape index (κ3) is 8.29. The summed E-state index contributed by atoms with van der Waals surface area (Å²) in [6.45, 7) is 43.8. The molecule has 0 heterocycles. The van der Waals surface area contributed by atoms with Crippen LogP contribution in [-0.4, -0.2) is 33.6 Å². The standard InChI is InChI=1S/C50H78O4/c1-30-22-33(43(4,5)6)25-36(46(13,14)15)39(30)42(53)49(28-51,29-52)50(54,40-31(2)23-34(44(7,8)9)26-37(40)47(16,17)18)41-32(3)24-35(45(10,11)12)27-38(41)48(19,20)21/h22-27,42,51-54H,28-29H2,1-21H3. The topological polar surface area (TPSA) is 80.9 Å². The summed E-state index contributed by atoms with van der Waals surface area (Å²) in [7, 11) is 0. The van der Waals surface area contributed by atoms with Crippen molar-refractivity contribution in [1.82, 2.24) is 0 Å². The Labute approximate surface area is 330 Å². The van der Waals surface area contributed by atoms with Gasteiger partial charge in [-0.3, -0.25) is 0 Å². The van der Waals surface area contributed by atoms with Gasteiger partial charge in [-0.15, -0.1) is 0 Å². The molecule has 0 aliphatic rings. The molecule has 0 spiro atoms. The summed E-state index contributed by atoms with van der Waals surface area (Å²) in [5.41, 5.74) is 4.82. The van der Waals surface area contributed by atoms with Crippen LogP contribution < -0.4 is 0 Å². The van der Waals surface area contributed by atoms with Gasteiger partial charge in [0.15, 0.2) is 0 Å². The second-order valence-electron chi connectivity index (χ2n) is 22.8. The van der Waals surface area contributed by atoms with Gasteiger partial charge in [0.05, 0.1) is 24.7 Å². The first-order chi connectivity index (χ1) is 24.0. The third-order valence-electron chi connectivity index (χ3n) is 11.9. The lowest BCUT2D eigenvalue weighted by Crippen LogP contribution is -2.57. The SMILES string of the molecule is Cc1cc(C(C)(C)C)cc(C(C)(C)C)c1C(O)C(CO)(CO)C(O)(c1c(C)cc(C(C)(C)C)cc1C(C)(C)C)c1c(C)cc(C(C)(C)C)cc1C(C)(C)C. The molecule has 0 fully saturated rings. The number of rotatable bonds is 7. The Bertz CT molecular complexity index is 1750. The van der Waals surface area contributed by atoms with E-state index in [1.54, 1.807) is 0 Å². The first-order valence-electron chi connectivity index (χ1n) is 20.1. The molecule has 4 heteroatoms. The molecule has 0 saturated carbocycles. The van der Waals surface area contributed by atoms with Gasteiger partial charge >= 0.3 is 0 Å². The molecule has 4 N–H and O–H groups in total. The van der Waals surface area contributed by atoms with Crippen molar-refractivity contribution < 1.29 is 20.4 Å². The lowest BCUT2D eigenvalue weighted by Gasteiger charge is -2.53. The molecule has 3 rings (SSSR count). The minimum atomic E-state index is -2.08.